The number of nitrogens with zero attached hydrogens (tertiary/aromatic N) is 2. The molecule has 1 aromatic heterocycles. The van der Waals surface area contributed by atoms with Crippen LogP contribution in [0.15, 0.2) is 109 Å². The minimum atomic E-state index is 0.550. The van der Waals surface area contributed by atoms with Gasteiger partial charge in [0, 0.05) is 26.7 Å². The average Bonchev–Trinajstić information content (AvgIpc) is 2.84. The maximum absolute atomic E-state index is 6.26. The molecule has 0 bridgehead atoms. The second-order valence-electron chi connectivity index (χ2n) is 7.43. The Morgan fingerprint density at radius 3 is 1.59 bits per heavy atom. The molecule has 0 fully saturated rings. The number of halogens is 2. The lowest BCUT2D eigenvalue weighted by Gasteiger charge is -2.11. The molecule has 1 heterocycles. The smallest absolute Gasteiger partial charge is 0.160 e. The van der Waals surface area contributed by atoms with Crippen molar-refractivity contribution >= 4 is 23.2 Å². The van der Waals surface area contributed by atoms with Gasteiger partial charge in [0.15, 0.2) is 5.82 Å². The summed E-state index contributed by atoms with van der Waals surface area (Å²) in [5.74, 6) is 0.580. The Kier molecular flexibility index (Phi) is 5.72. The number of aromatic nitrogens is 2. The summed E-state index contributed by atoms with van der Waals surface area (Å²) in [6, 6.07) is 36.2. The first-order valence-corrected chi connectivity index (χ1v) is 11.0. The van der Waals surface area contributed by atoms with Crippen LogP contribution in [0.5, 0.6) is 0 Å². The third-order valence-electron chi connectivity index (χ3n) is 5.18. The summed E-state index contributed by atoms with van der Waals surface area (Å²) in [6.07, 6.45) is 0. The van der Waals surface area contributed by atoms with E-state index in [1.807, 2.05) is 66.7 Å². The Morgan fingerprint density at radius 2 is 0.938 bits per heavy atom. The molecule has 5 aromatic rings. The quantitative estimate of drug-likeness (QED) is 0.273. The SMILES string of the molecule is Clc1cc(Cl)cc(-c2nc(-c3ccccc3)cc(-c3cccc(-c4ccccc4)c3)n2)c1. The number of rotatable bonds is 4. The highest BCUT2D eigenvalue weighted by Crippen LogP contribution is 2.31. The normalized spacial score (nSPS) is 10.8. The van der Waals surface area contributed by atoms with E-state index >= 15 is 0 Å². The summed E-state index contributed by atoms with van der Waals surface area (Å²) in [6.45, 7) is 0. The second-order valence-corrected chi connectivity index (χ2v) is 8.31. The highest BCUT2D eigenvalue weighted by atomic mass is 35.5. The molecule has 5 rings (SSSR count). The molecule has 0 unspecified atom stereocenters. The standard InChI is InChI=1S/C28H18Cl2N2/c29-24-15-23(16-25(30)17-24)28-31-26(20-10-5-2-6-11-20)18-27(32-28)22-13-7-12-21(14-22)19-8-3-1-4-9-19/h1-18H. The van der Waals surface area contributed by atoms with E-state index in [2.05, 4.69) is 36.4 Å². The fourth-order valence-corrected chi connectivity index (χ4v) is 4.18. The predicted molar refractivity (Wildman–Crippen MR) is 134 cm³/mol. The maximum atomic E-state index is 6.26. The highest BCUT2D eigenvalue weighted by molar-refractivity contribution is 6.35. The Labute approximate surface area is 197 Å². The molecule has 0 spiro atoms. The summed E-state index contributed by atoms with van der Waals surface area (Å²) in [7, 11) is 0. The van der Waals surface area contributed by atoms with Crippen LogP contribution in [0.25, 0.3) is 45.0 Å². The van der Waals surface area contributed by atoms with Gasteiger partial charge in [-0.3, -0.25) is 0 Å². The first kappa shape index (κ1) is 20.4. The molecule has 0 aliphatic carbocycles. The monoisotopic (exact) mass is 452 g/mol. The summed E-state index contributed by atoms with van der Waals surface area (Å²) >= 11 is 12.5. The van der Waals surface area contributed by atoms with Gasteiger partial charge in [-0.05, 0) is 41.5 Å². The third-order valence-corrected chi connectivity index (χ3v) is 5.62. The second kappa shape index (κ2) is 8.96. The van der Waals surface area contributed by atoms with Crippen LogP contribution in [0.3, 0.4) is 0 Å². The Hall–Kier alpha value is -3.46. The molecule has 0 amide bonds. The lowest BCUT2D eigenvalue weighted by molar-refractivity contribution is 1.18. The van der Waals surface area contributed by atoms with Crippen LogP contribution in [0.4, 0.5) is 0 Å². The van der Waals surface area contributed by atoms with E-state index in [1.54, 1.807) is 6.07 Å². The molecule has 0 saturated carbocycles. The van der Waals surface area contributed by atoms with Gasteiger partial charge >= 0.3 is 0 Å². The van der Waals surface area contributed by atoms with Gasteiger partial charge in [0.1, 0.15) is 0 Å². The fraction of sp³-hybridized carbons (Fsp3) is 0. The molecule has 32 heavy (non-hydrogen) atoms. The van der Waals surface area contributed by atoms with Crippen molar-refractivity contribution in [3.05, 3.63) is 119 Å². The van der Waals surface area contributed by atoms with Crippen LogP contribution in [-0.4, -0.2) is 9.97 Å². The van der Waals surface area contributed by atoms with E-state index in [4.69, 9.17) is 33.2 Å². The van der Waals surface area contributed by atoms with Crippen molar-refractivity contribution in [3.63, 3.8) is 0 Å². The van der Waals surface area contributed by atoms with Crippen molar-refractivity contribution in [1.29, 1.82) is 0 Å². The Morgan fingerprint density at radius 1 is 0.406 bits per heavy atom. The lowest BCUT2D eigenvalue weighted by atomic mass is 10.0. The van der Waals surface area contributed by atoms with Gasteiger partial charge in [-0.15, -0.1) is 0 Å². The molecular weight excluding hydrogens is 435 g/mol. The first-order valence-electron chi connectivity index (χ1n) is 10.2. The lowest BCUT2D eigenvalue weighted by Crippen LogP contribution is -1.96. The molecule has 0 N–H and O–H groups in total. The van der Waals surface area contributed by atoms with Crippen molar-refractivity contribution in [2.24, 2.45) is 0 Å². The van der Waals surface area contributed by atoms with Crippen molar-refractivity contribution < 1.29 is 0 Å². The van der Waals surface area contributed by atoms with Gasteiger partial charge in [0.25, 0.3) is 0 Å². The molecule has 154 valence electrons. The molecule has 4 heteroatoms. The topological polar surface area (TPSA) is 25.8 Å². The number of hydrogen-bond donors (Lipinski definition) is 0. The van der Waals surface area contributed by atoms with E-state index in [0.717, 1.165) is 39.2 Å². The summed E-state index contributed by atoms with van der Waals surface area (Å²) in [5, 5.41) is 1.10. The van der Waals surface area contributed by atoms with Crippen molar-refractivity contribution in [2.45, 2.75) is 0 Å². The van der Waals surface area contributed by atoms with Gasteiger partial charge in [-0.2, -0.15) is 0 Å². The predicted octanol–water partition coefficient (Wildman–Crippen LogP) is 8.45. The average molecular weight is 453 g/mol. The number of benzene rings is 4. The van der Waals surface area contributed by atoms with Gasteiger partial charge in [0.2, 0.25) is 0 Å². The zero-order valence-corrected chi connectivity index (χ0v) is 18.6. The molecule has 0 aliphatic heterocycles. The highest BCUT2D eigenvalue weighted by Gasteiger charge is 2.12. The van der Waals surface area contributed by atoms with Gasteiger partial charge in [-0.1, -0.05) is 102 Å². The van der Waals surface area contributed by atoms with Crippen molar-refractivity contribution in [3.8, 4) is 45.0 Å². The van der Waals surface area contributed by atoms with Gasteiger partial charge in [-0.25, -0.2) is 9.97 Å². The molecular formula is C28H18Cl2N2. The molecule has 0 saturated heterocycles. The van der Waals surface area contributed by atoms with Crippen LogP contribution in [0.1, 0.15) is 0 Å². The molecule has 0 aliphatic rings. The maximum Gasteiger partial charge on any atom is 0.160 e. The third kappa shape index (κ3) is 4.43. The molecule has 0 radical (unpaired) electrons. The fourth-order valence-electron chi connectivity index (χ4n) is 3.65. The van der Waals surface area contributed by atoms with E-state index in [1.165, 1.54) is 0 Å². The van der Waals surface area contributed by atoms with Crippen LogP contribution in [0, 0.1) is 0 Å². The Bertz CT molecular complexity index is 1360. The van der Waals surface area contributed by atoms with Crippen LogP contribution >= 0.6 is 23.2 Å². The summed E-state index contributed by atoms with van der Waals surface area (Å²) < 4.78 is 0. The summed E-state index contributed by atoms with van der Waals surface area (Å²) in [4.78, 5) is 9.72. The van der Waals surface area contributed by atoms with Crippen molar-refractivity contribution in [2.75, 3.05) is 0 Å². The van der Waals surface area contributed by atoms with Gasteiger partial charge in [0.05, 0.1) is 11.4 Å². The van der Waals surface area contributed by atoms with Crippen LogP contribution in [0.2, 0.25) is 10.0 Å². The first-order chi connectivity index (χ1) is 15.7. The van der Waals surface area contributed by atoms with Gasteiger partial charge < -0.3 is 0 Å². The van der Waals surface area contributed by atoms with Crippen molar-refractivity contribution in [1.82, 2.24) is 9.97 Å². The van der Waals surface area contributed by atoms with Crippen LogP contribution in [-0.2, 0) is 0 Å². The Balaban J connectivity index is 1.69. The van der Waals surface area contributed by atoms with E-state index < -0.39 is 0 Å². The zero-order valence-electron chi connectivity index (χ0n) is 17.0. The molecule has 0 atom stereocenters. The largest absolute Gasteiger partial charge is 0.228 e. The molecule has 2 nitrogen and oxygen atoms in total. The van der Waals surface area contributed by atoms with E-state index in [0.29, 0.717) is 15.9 Å². The molecule has 4 aromatic carbocycles. The van der Waals surface area contributed by atoms with E-state index in [9.17, 15) is 0 Å². The zero-order chi connectivity index (χ0) is 21.9. The summed E-state index contributed by atoms with van der Waals surface area (Å²) in [5.41, 5.74) is 6.78. The minimum Gasteiger partial charge on any atom is -0.228 e. The van der Waals surface area contributed by atoms with Crippen LogP contribution < -0.4 is 0 Å². The number of hydrogen-bond acceptors (Lipinski definition) is 2. The minimum absolute atomic E-state index is 0.550. The van der Waals surface area contributed by atoms with E-state index in [-0.39, 0.29) is 0 Å².